The number of nitrogens with one attached hydrogen (secondary N) is 1. The lowest BCUT2D eigenvalue weighted by atomic mass is 9.92. The van der Waals surface area contributed by atoms with Crippen molar-refractivity contribution < 1.29 is 13.9 Å². The fraction of sp³-hybridized carbons (Fsp3) is 0.500. The summed E-state index contributed by atoms with van der Waals surface area (Å²) in [6, 6.07) is 4.54. The zero-order valence-corrected chi connectivity index (χ0v) is 9.08. The van der Waals surface area contributed by atoms with Crippen LogP contribution >= 0.6 is 0 Å². The van der Waals surface area contributed by atoms with Gasteiger partial charge in [-0.1, -0.05) is 25.1 Å². The van der Waals surface area contributed by atoms with Gasteiger partial charge >= 0.3 is 0 Å². The number of para-hydroxylation sites is 1. The second-order valence-electron chi connectivity index (χ2n) is 4.08. The molecule has 0 radical (unpaired) electrons. The van der Waals surface area contributed by atoms with Crippen molar-refractivity contribution in [1.29, 1.82) is 0 Å². The molecule has 0 saturated carbocycles. The molecule has 2 N–H and O–H groups in total. The van der Waals surface area contributed by atoms with E-state index in [4.69, 9.17) is 0 Å². The number of aliphatic hydroxyl groups excluding tert-OH is 1. The van der Waals surface area contributed by atoms with Crippen LogP contribution in [0.4, 0.5) is 14.5 Å². The van der Waals surface area contributed by atoms with Crippen LogP contribution in [0.5, 0.6) is 0 Å². The highest BCUT2D eigenvalue weighted by Gasteiger charge is 2.33. The van der Waals surface area contributed by atoms with Crippen LogP contribution in [0.2, 0.25) is 0 Å². The predicted octanol–water partition coefficient (Wildman–Crippen LogP) is 2.21. The Hall–Kier alpha value is -1.16. The van der Waals surface area contributed by atoms with E-state index in [1.54, 1.807) is 0 Å². The lowest BCUT2D eigenvalue weighted by Gasteiger charge is -2.32. The summed E-state index contributed by atoms with van der Waals surface area (Å²) in [6.45, 7) is 1.99. The number of hydrogen-bond donors (Lipinski definition) is 2. The predicted molar refractivity (Wildman–Crippen MR) is 58.9 cm³/mol. The molecule has 0 aliphatic carbocycles. The van der Waals surface area contributed by atoms with Crippen LogP contribution in [0.25, 0.3) is 0 Å². The van der Waals surface area contributed by atoms with Crippen molar-refractivity contribution in [3.05, 3.63) is 29.3 Å². The second kappa shape index (κ2) is 4.37. The molecule has 0 amide bonds. The van der Waals surface area contributed by atoms with Gasteiger partial charge in [-0.15, -0.1) is 0 Å². The van der Waals surface area contributed by atoms with Crippen molar-refractivity contribution in [3.8, 4) is 0 Å². The molecular weight excluding hydrogens is 212 g/mol. The molecule has 0 fully saturated rings. The fourth-order valence-electron chi connectivity index (χ4n) is 2.15. The SMILES string of the molecule is CCc1cccc2c1NC(C(F)F)C(O)C2. The minimum absolute atomic E-state index is 0.297. The van der Waals surface area contributed by atoms with Crippen LogP contribution in [0.1, 0.15) is 18.1 Å². The number of anilines is 1. The Kier molecular flexibility index (Phi) is 3.10. The van der Waals surface area contributed by atoms with Gasteiger partial charge in [0, 0.05) is 12.1 Å². The molecule has 1 aliphatic rings. The third-order valence-electron chi connectivity index (χ3n) is 3.04. The Labute approximate surface area is 93.3 Å². The lowest BCUT2D eigenvalue weighted by molar-refractivity contribution is 0.0426. The number of aliphatic hydroxyl groups is 1. The summed E-state index contributed by atoms with van der Waals surface area (Å²) < 4.78 is 25.4. The standard InChI is InChI=1S/C12H15F2NO/c1-2-7-4-3-5-8-6-9(16)11(12(13)14)15-10(7)8/h3-5,9,11-12,15-16H,2,6H2,1H3. The highest BCUT2D eigenvalue weighted by Crippen LogP contribution is 2.30. The summed E-state index contributed by atoms with van der Waals surface area (Å²) in [7, 11) is 0. The van der Waals surface area contributed by atoms with Crippen LogP contribution < -0.4 is 5.32 Å². The zero-order valence-electron chi connectivity index (χ0n) is 9.08. The number of aryl methyl sites for hydroxylation is 1. The number of alkyl halides is 2. The maximum atomic E-state index is 12.7. The fourth-order valence-corrected chi connectivity index (χ4v) is 2.15. The van der Waals surface area contributed by atoms with Crippen LogP contribution in [0.3, 0.4) is 0 Å². The zero-order chi connectivity index (χ0) is 11.7. The van der Waals surface area contributed by atoms with Crippen LogP contribution in [0.15, 0.2) is 18.2 Å². The van der Waals surface area contributed by atoms with Gasteiger partial charge < -0.3 is 10.4 Å². The maximum absolute atomic E-state index is 12.7. The van der Waals surface area contributed by atoms with E-state index in [0.29, 0.717) is 6.42 Å². The topological polar surface area (TPSA) is 32.3 Å². The van der Waals surface area contributed by atoms with Crippen LogP contribution in [0, 0.1) is 0 Å². The number of rotatable bonds is 2. The molecule has 88 valence electrons. The molecule has 2 atom stereocenters. The quantitative estimate of drug-likeness (QED) is 0.812. The molecule has 4 heteroatoms. The number of fused-ring (bicyclic) bond motifs is 1. The second-order valence-corrected chi connectivity index (χ2v) is 4.08. The molecule has 2 unspecified atom stereocenters. The summed E-state index contributed by atoms with van der Waals surface area (Å²) in [5.41, 5.74) is 2.72. The minimum atomic E-state index is -2.55. The van der Waals surface area contributed by atoms with Gasteiger partial charge in [0.25, 0.3) is 6.43 Å². The van der Waals surface area contributed by atoms with E-state index in [2.05, 4.69) is 5.32 Å². The van der Waals surface area contributed by atoms with Crippen LogP contribution in [-0.2, 0) is 12.8 Å². The molecule has 1 aliphatic heterocycles. The molecule has 1 aromatic rings. The first-order chi connectivity index (χ1) is 7.63. The van der Waals surface area contributed by atoms with Gasteiger partial charge in [-0.2, -0.15) is 0 Å². The Morgan fingerprint density at radius 1 is 1.50 bits per heavy atom. The van der Waals surface area contributed by atoms with Crippen molar-refractivity contribution in [2.75, 3.05) is 5.32 Å². The number of benzene rings is 1. The van der Waals surface area contributed by atoms with E-state index in [0.717, 1.165) is 23.2 Å². The average molecular weight is 227 g/mol. The van der Waals surface area contributed by atoms with E-state index in [1.807, 2.05) is 25.1 Å². The first kappa shape index (κ1) is 11.3. The Morgan fingerprint density at radius 3 is 2.88 bits per heavy atom. The van der Waals surface area contributed by atoms with Gasteiger partial charge in [0.1, 0.15) is 6.04 Å². The van der Waals surface area contributed by atoms with Crippen molar-refractivity contribution >= 4 is 5.69 Å². The molecule has 16 heavy (non-hydrogen) atoms. The molecule has 0 aromatic heterocycles. The van der Waals surface area contributed by atoms with Crippen molar-refractivity contribution in [3.63, 3.8) is 0 Å². The molecule has 0 spiro atoms. The lowest BCUT2D eigenvalue weighted by Crippen LogP contribution is -2.44. The first-order valence-corrected chi connectivity index (χ1v) is 5.47. The van der Waals surface area contributed by atoms with Gasteiger partial charge in [0.05, 0.1) is 6.10 Å². The summed E-state index contributed by atoms with van der Waals surface area (Å²) in [4.78, 5) is 0. The monoisotopic (exact) mass is 227 g/mol. The van der Waals surface area contributed by atoms with Crippen molar-refractivity contribution in [1.82, 2.24) is 0 Å². The van der Waals surface area contributed by atoms with E-state index in [1.165, 1.54) is 0 Å². The molecular formula is C12H15F2NO. The normalized spacial score (nSPS) is 24.1. The first-order valence-electron chi connectivity index (χ1n) is 5.47. The molecule has 2 rings (SSSR count). The van der Waals surface area contributed by atoms with E-state index >= 15 is 0 Å². The number of hydrogen-bond acceptors (Lipinski definition) is 2. The summed E-state index contributed by atoms with van der Waals surface area (Å²) in [6.07, 6.45) is -2.47. The highest BCUT2D eigenvalue weighted by atomic mass is 19.3. The molecule has 2 nitrogen and oxygen atoms in total. The van der Waals surface area contributed by atoms with Gasteiger partial charge in [-0.05, 0) is 17.5 Å². The third kappa shape index (κ3) is 1.89. The summed E-state index contributed by atoms with van der Waals surface area (Å²) in [5.74, 6) is 0. The van der Waals surface area contributed by atoms with Gasteiger partial charge in [0.2, 0.25) is 0 Å². The number of halogens is 2. The summed E-state index contributed by atoms with van der Waals surface area (Å²) in [5, 5.41) is 12.4. The smallest absolute Gasteiger partial charge is 0.260 e. The Bertz CT molecular complexity index is 381. The van der Waals surface area contributed by atoms with Gasteiger partial charge in [0.15, 0.2) is 0 Å². The molecule has 1 heterocycles. The van der Waals surface area contributed by atoms with Gasteiger partial charge in [-0.3, -0.25) is 0 Å². The van der Waals surface area contributed by atoms with Crippen LogP contribution in [-0.4, -0.2) is 23.7 Å². The Balaban J connectivity index is 2.36. The third-order valence-corrected chi connectivity index (χ3v) is 3.04. The average Bonchev–Trinajstić information content (AvgIpc) is 2.26. The summed E-state index contributed by atoms with van der Waals surface area (Å²) >= 11 is 0. The van der Waals surface area contributed by atoms with E-state index in [-0.39, 0.29) is 0 Å². The molecule has 0 bridgehead atoms. The van der Waals surface area contributed by atoms with Crippen molar-refractivity contribution in [2.45, 2.75) is 38.3 Å². The van der Waals surface area contributed by atoms with E-state index < -0.39 is 18.6 Å². The van der Waals surface area contributed by atoms with E-state index in [9.17, 15) is 13.9 Å². The minimum Gasteiger partial charge on any atom is -0.390 e. The molecule has 0 saturated heterocycles. The highest BCUT2D eigenvalue weighted by molar-refractivity contribution is 5.60. The molecule has 1 aromatic carbocycles. The van der Waals surface area contributed by atoms with Crippen molar-refractivity contribution in [2.24, 2.45) is 0 Å². The largest absolute Gasteiger partial charge is 0.390 e. The Morgan fingerprint density at radius 2 is 2.25 bits per heavy atom. The maximum Gasteiger partial charge on any atom is 0.260 e. The van der Waals surface area contributed by atoms with Gasteiger partial charge in [-0.25, -0.2) is 8.78 Å².